The van der Waals surface area contributed by atoms with Gasteiger partial charge in [-0.25, -0.2) is 14.4 Å². The molecule has 0 bridgehead atoms. The van der Waals surface area contributed by atoms with E-state index in [-0.39, 0.29) is 24.6 Å². The fourth-order valence-corrected chi connectivity index (χ4v) is 6.04. The van der Waals surface area contributed by atoms with Gasteiger partial charge in [0, 0.05) is 36.1 Å². The number of rotatable bonds is 7. The van der Waals surface area contributed by atoms with Crippen LogP contribution >= 0.6 is 23.5 Å². The van der Waals surface area contributed by atoms with Gasteiger partial charge in [0.05, 0.1) is 28.9 Å². The molecule has 5 rings (SSSR count). The quantitative estimate of drug-likeness (QED) is 0.199. The summed E-state index contributed by atoms with van der Waals surface area (Å²) in [4.78, 5) is 23.9. The molecule has 1 fully saturated rings. The molecular weight excluding hydrogens is 553 g/mol. The Kier molecular flexibility index (Phi) is 8.34. The van der Waals surface area contributed by atoms with Gasteiger partial charge in [-0.05, 0) is 85.3 Å². The topological polar surface area (TPSA) is 104 Å². The van der Waals surface area contributed by atoms with Gasteiger partial charge >= 0.3 is 0 Å². The maximum Gasteiger partial charge on any atom is 0.193 e. The van der Waals surface area contributed by atoms with Gasteiger partial charge in [0.25, 0.3) is 0 Å². The number of Topliss-reactive ketones (excluding diaryl/α,β-unsaturated/α-hetero) is 1. The van der Waals surface area contributed by atoms with Crippen molar-refractivity contribution in [3.63, 3.8) is 0 Å². The third kappa shape index (κ3) is 5.67. The Morgan fingerprint density at radius 2 is 2.08 bits per heavy atom. The molecule has 0 radical (unpaired) electrons. The Morgan fingerprint density at radius 3 is 2.75 bits per heavy atom. The van der Waals surface area contributed by atoms with E-state index in [2.05, 4.69) is 4.98 Å². The molecule has 3 N–H and O–H groups in total. The van der Waals surface area contributed by atoms with E-state index in [0.29, 0.717) is 51.3 Å². The average Bonchev–Trinajstić information content (AvgIpc) is 2.98. The third-order valence-electron chi connectivity index (χ3n) is 7.00. The zero-order valence-corrected chi connectivity index (χ0v) is 23.2. The van der Waals surface area contributed by atoms with Gasteiger partial charge in [-0.1, -0.05) is 27.8 Å². The summed E-state index contributed by atoms with van der Waals surface area (Å²) < 4.78 is 19.7. The van der Waals surface area contributed by atoms with Crippen LogP contribution in [0, 0.1) is 11.2 Å². The number of carbonyl (C=O) groups excluding carboxylic acids is 1. The van der Waals surface area contributed by atoms with Crippen molar-refractivity contribution in [1.29, 1.82) is 0 Å². The molecule has 1 aromatic heterocycles. The van der Waals surface area contributed by atoms with Crippen LogP contribution in [0.3, 0.4) is 0 Å². The maximum atomic E-state index is 14.1. The van der Waals surface area contributed by atoms with E-state index in [4.69, 9.17) is 27.1 Å². The molecule has 1 aliphatic carbocycles. The minimum atomic E-state index is -1.04. The lowest BCUT2D eigenvalue weighted by atomic mass is 9.64. The van der Waals surface area contributed by atoms with Gasteiger partial charge in [0.2, 0.25) is 0 Å². The highest BCUT2D eigenvalue weighted by molar-refractivity contribution is 7.96. The molecule has 3 aromatic rings. The molecule has 0 amide bonds. The number of hydrogen-bond donors (Lipinski definition) is 2. The normalized spacial score (nSPS) is 21.4. The van der Waals surface area contributed by atoms with Gasteiger partial charge in [0.1, 0.15) is 17.3 Å². The number of nitrogens with two attached hydrogens (primary N) is 1. The van der Waals surface area contributed by atoms with E-state index in [0.717, 1.165) is 22.1 Å². The van der Waals surface area contributed by atoms with Crippen molar-refractivity contribution < 1.29 is 19.1 Å². The lowest BCUT2D eigenvalue weighted by Crippen LogP contribution is -2.54. The first-order valence-corrected chi connectivity index (χ1v) is 13.7. The monoisotopic (exact) mass is 579 g/mol. The molecule has 2 aliphatic rings. The lowest BCUT2D eigenvalue weighted by molar-refractivity contribution is -0.171. The molecule has 2 heterocycles. The molecule has 0 spiro atoms. The first kappa shape index (κ1) is 28.0. The zero-order valence-electron chi connectivity index (χ0n) is 21.6. The van der Waals surface area contributed by atoms with Crippen molar-refractivity contribution in [3.8, 4) is 5.75 Å². The van der Waals surface area contributed by atoms with E-state index in [1.54, 1.807) is 59.7 Å². The molecule has 1 saturated heterocycles. The Labute approximate surface area is 240 Å². The molecule has 40 heavy (non-hydrogen) atoms. The number of hydrazine groups is 1. The van der Waals surface area contributed by atoms with Crippen LogP contribution in [0.25, 0.3) is 0 Å². The smallest absolute Gasteiger partial charge is 0.193 e. The van der Waals surface area contributed by atoms with E-state index < -0.39 is 5.41 Å². The number of methoxy groups -OCH3 is 1. The first-order valence-electron chi connectivity index (χ1n) is 12.5. The first-order chi connectivity index (χ1) is 19.3. The summed E-state index contributed by atoms with van der Waals surface area (Å²) >= 11 is 7.35. The predicted molar refractivity (Wildman–Crippen MR) is 153 cm³/mol. The lowest BCUT2D eigenvalue weighted by Gasteiger charge is -2.47. The maximum absolute atomic E-state index is 14.1. The van der Waals surface area contributed by atoms with Crippen molar-refractivity contribution in [2.75, 3.05) is 20.2 Å². The number of allylic oxidation sites excluding steroid dienone is 2. The Morgan fingerprint density at radius 1 is 1.27 bits per heavy atom. The van der Waals surface area contributed by atoms with Crippen LogP contribution in [0.4, 0.5) is 10.1 Å². The number of halogens is 2. The van der Waals surface area contributed by atoms with E-state index >= 15 is 0 Å². The fourth-order valence-electron chi connectivity index (χ4n) is 4.98. The van der Waals surface area contributed by atoms with Crippen LogP contribution < -0.4 is 10.5 Å². The highest BCUT2D eigenvalue weighted by Crippen LogP contribution is 2.47. The second-order valence-electron chi connectivity index (χ2n) is 9.42. The Balaban J connectivity index is 1.50. The summed E-state index contributed by atoms with van der Waals surface area (Å²) in [6, 6.07) is 16.3. The molecule has 1 unspecified atom stereocenters. The molecule has 2 aromatic carbocycles. The van der Waals surface area contributed by atoms with Crippen molar-refractivity contribution >= 4 is 40.7 Å². The van der Waals surface area contributed by atoms with Crippen molar-refractivity contribution in [2.45, 2.75) is 17.7 Å². The molecular formula is C29H27ClFN5O3S. The Hall–Kier alpha value is -3.54. The van der Waals surface area contributed by atoms with Crippen molar-refractivity contribution in [1.82, 2.24) is 14.6 Å². The number of aromatic nitrogens is 1. The second kappa shape index (κ2) is 11.9. The molecule has 0 saturated carbocycles. The van der Waals surface area contributed by atoms with Crippen molar-refractivity contribution in [2.24, 2.45) is 16.1 Å². The summed E-state index contributed by atoms with van der Waals surface area (Å²) in [6.07, 6.45) is 5.67. The number of nitrogens with zero attached hydrogens (tertiary/aromatic N) is 4. The van der Waals surface area contributed by atoms with Gasteiger partial charge in [-0.15, -0.1) is 0 Å². The van der Waals surface area contributed by atoms with Gasteiger partial charge < -0.3 is 10.5 Å². The molecule has 206 valence electrons. The third-order valence-corrected chi connectivity index (χ3v) is 8.15. The van der Waals surface area contributed by atoms with E-state index in [9.17, 15) is 14.4 Å². The largest absolute Gasteiger partial charge is 0.495 e. The highest BCUT2D eigenvalue weighted by Gasteiger charge is 2.50. The van der Waals surface area contributed by atoms with Gasteiger partial charge in [-0.2, -0.15) is 0 Å². The number of hydrogen-bond acceptors (Lipinski definition) is 9. The number of carbonyl (C=O) groups is 1. The molecule has 1 aliphatic heterocycles. The summed E-state index contributed by atoms with van der Waals surface area (Å²) in [6.45, 7) is 0.630. The standard InChI is InChI=1S/C29H27ClFN5O3S/c1-39-27-10-9-23(15-24(27)30)40-36(38)35-13-11-20-14-26(34-22-7-5-21(31)6-8-22)19(17-32)16-29(20,18-35)28(37)25-4-2-3-12-33-25/h2-10,12,14-15,17,38H,11,13,16,18,32H2,1H3. The minimum Gasteiger partial charge on any atom is -0.495 e. The summed E-state index contributed by atoms with van der Waals surface area (Å²) in [5.74, 6) is 0.0101. The number of benzene rings is 2. The van der Waals surface area contributed by atoms with Crippen LogP contribution in [0.15, 0.2) is 100 Å². The molecule has 8 nitrogen and oxygen atoms in total. The summed E-state index contributed by atoms with van der Waals surface area (Å²) in [7, 11) is 1.53. The fraction of sp³-hybridized carbons (Fsp3) is 0.207. The molecule has 1 atom stereocenters. The number of aliphatic imine (C=N–C) groups is 1. The van der Waals surface area contributed by atoms with Crippen LogP contribution in [-0.4, -0.2) is 51.5 Å². The van der Waals surface area contributed by atoms with E-state index in [1.165, 1.54) is 25.4 Å². The number of ketones is 1. The van der Waals surface area contributed by atoms with Crippen molar-refractivity contribution in [3.05, 3.63) is 107 Å². The van der Waals surface area contributed by atoms with Crippen LogP contribution in [0.2, 0.25) is 5.02 Å². The SMILES string of the molecule is COc1ccc(SN(O)N2CCC3=CC(=Nc4ccc(F)cc4)C(=CN)CC3(C(=O)c3ccccn3)C2)cc1Cl. The predicted octanol–water partition coefficient (Wildman–Crippen LogP) is 6.02. The van der Waals surface area contributed by atoms with Crippen LogP contribution in [0.5, 0.6) is 5.75 Å². The van der Waals surface area contributed by atoms with Gasteiger partial charge in [0.15, 0.2) is 5.78 Å². The van der Waals surface area contributed by atoms with E-state index in [1.807, 2.05) is 6.08 Å². The zero-order chi connectivity index (χ0) is 28.3. The van der Waals surface area contributed by atoms with Crippen LogP contribution in [-0.2, 0) is 0 Å². The number of pyridine rings is 1. The minimum absolute atomic E-state index is 0.171. The summed E-state index contributed by atoms with van der Waals surface area (Å²) in [5.41, 5.74) is 8.07. The van der Waals surface area contributed by atoms with Gasteiger partial charge in [-0.3, -0.25) is 15.0 Å². The Bertz CT molecular complexity index is 1500. The molecule has 11 heteroatoms. The number of ether oxygens (including phenoxy) is 1. The number of piperidine rings is 1. The second-order valence-corrected chi connectivity index (χ2v) is 10.8. The highest BCUT2D eigenvalue weighted by atomic mass is 35.5. The number of fused-ring (bicyclic) bond motifs is 1. The summed E-state index contributed by atoms with van der Waals surface area (Å²) in [5, 5.41) is 13.2. The van der Waals surface area contributed by atoms with Crippen LogP contribution in [0.1, 0.15) is 23.3 Å². The average molecular weight is 580 g/mol.